The third-order valence-corrected chi connectivity index (χ3v) is 9.83. The van der Waals surface area contributed by atoms with Crippen LogP contribution < -0.4 is 16.4 Å². The molecule has 26 nitrogen and oxygen atoms in total. The number of carboxylic acid groups (broad SMARTS) is 2. The number of nitrogens with zero attached hydrogens (tertiary/aromatic N) is 4. The maximum atomic E-state index is 12.6. The smallest absolute Gasteiger partial charge is 0.450 e. The minimum absolute atomic E-state index is 0.0363. The van der Waals surface area contributed by atoms with Crippen molar-refractivity contribution in [1.29, 1.82) is 0 Å². The van der Waals surface area contributed by atoms with Crippen LogP contribution in [0.4, 0.5) is 10.6 Å². The Bertz CT molecular complexity index is 1690. The van der Waals surface area contributed by atoms with Gasteiger partial charge in [-0.1, -0.05) is 13.8 Å². The summed E-state index contributed by atoms with van der Waals surface area (Å²) in [5.74, 6) is -0.943. The van der Waals surface area contributed by atoms with Crippen LogP contribution in [-0.4, -0.2) is 134 Å². The highest BCUT2D eigenvalue weighted by molar-refractivity contribution is 7.80. The lowest BCUT2D eigenvalue weighted by molar-refractivity contribution is -0.137. The molecule has 3 heterocycles. The Labute approximate surface area is 298 Å². The maximum Gasteiger partial charge on any atom is 0.503 e. The zero-order valence-electron chi connectivity index (χ0n) is 27.0. The molecule has 1 aliphatic rings. The largest absolute Gasteiger partial charge is 0.503 e. The van der Waals surface area contributed by atoms with Gasteiger partial charge in [-0.25, -0.2) is 33.4 Å². The molecule has 3 rings (SSSR count). The van der Waals surface area contributed by atoms with Crippen LogP contribution in [0.3, 0.4) is 0 Å². The zero-order chi connectivity index (χ0) is 39.7. The molecule has 2 aromatic rings. The molecule has 1 saturated heterocycles. The van der Waals surface area contributed by atoms with E-state index in [-0.39, 0.29) is 35.9 Å². The number of phosphoric acid groups is 3. The highest BCUT2D eigenvalue weighted by Crippen LogP contribution is 2.61. The summed E-state index contributed by atoms with van der Waals surface area (Å²) in [6.45, 7) is 0.723. The van der Waals surface area contributed by atoms with Crippen molar-refractivity contribution in [2.24, 2.45) is 5.41 Å². The third kappa shape index (κ3) is 14.2. The van der Waals surface area contributed by atoms with E-state index in [0.717, 1.165) is 17.2 Å². The SMILES string of the molecule is CC(C)(COP(=O)(O)OP(=O)(O)OC[C@H]1O[C@@H](n2cnc3c(N)ncnc32)[C@H](O)[C@@H]1OP(=O)(O)O)[C@@H](O)C(=O)NCCC(=O)NCCS.O=C(O)O. The Balaban J connectivity index is 0.00000222. The van der Waals surface area contributed by atoms with E-state index in [4.69, 9.17) is 34.5 Å². The molecule has 0 bridgehead atoms. The molecule has 30 heteroatoms. The first kappa shape index (κ1) is 45.3. The number of nitrogens with two attached hydrogens (primary N) is 1. The van der Waals surface area contributed by atoms with Crippen molar-refractivity contribution in [3.8, 4) is 0 Å². The van der Waals surface area contributed by atoms with E-state index in [0.29, 0.717) is 12.3 Å². The van der Waals surface area contributed by atoms with Crippen molar-refractivity contribution < 1.29 is 90.7 Å². The lowest BCUT2D eigenvalue weighted by Gasteiger charge is -2.30. The minimum Gasteiger partial charge on any atom is -0.450 e. The number of ether oxygens (including phenoxy) is 1. The Morgan fingerprint density at radius 2 is 1.67 bits per heavy atom. The number of aromatic nitrogens is 4. The standard InChI is InChI=1S/C21H36N7O16P3S.CH2O3/c1-21(2,16(31)19(32)24-4-3-12(29)23-5-6-48)8-41-47(38,39)44-46(36,37)40-7-11-15(43-45(33,34)35)14(30)20(42-11)28-10-27-13-17(22)25-9-26-18(13)28;2-1(3)4/h9-11,14-16,20,30-31,48H,3-8H2,1-2H3,(H,23,29)(H,24,32)(H,36,37)(H,38,39)(H2,22,25,26)(H2,33,34,35);(H2,2,3,4)/t11-,14-,15-,16+,20-;/m1./s1. The molecule has 2 aromatic heterocycles. The van der Waals surface area contributed by atoms with Gasteiger partial charge in [0.05, 0.1) is 19.5 Å². The Morgan fingerprint density at radius 1 is 1.06 bits per heavy atom. The fraction of sp³-hybridized carbons (Fsp3) is 0.636. The summed E-state index contributed by atoms with van der Waals surface area (Å²) in [5, 5.41) is 40.0. The normalized spacial score (nSPS) is 22.0. The van der Waals surface area contributed by atoms with E-state index in [1.54, 1.807) is 0 Å². The molecule has 7 atom stereocenters. The monoisotopic (exact) mass is 829 g/mol. The number of fused-ring (bicyclic) bond motifs is 1. The number of hydrogen-bond acceptors (Lipinski definition) is 18. The van der Waals surface area contributed by atoms with Gasteiger partial charge in [0, 0.05) is 30.7 Å². The van der Waals surface area contributed by atoms with Crippen molar-refractivity contribution in [3.05, 3.63) is 12.7 Å². The summed E-state index contributed by atoms with van der Waals surface area (Å²) >= 11 is 3.95. The summed E-state index contributed by atoms with van der Waals surface area (Å²) in [7, 11) is -16.3. The van der Waals surface area contributed by atoms with Gasteiger partial charge < -0.3 is 61.1 Å². The molecule has 0 radical (unpaired) electrons. The van der Waals surface area contributed by atoms with E-state index in [1.165, 1.54) is 13.8 Å². The first-order chi connectivity index (χ1) is 23.9. The highest BCUT2D eigenvalue weighted by Gasteiger charge is 2.50. The Hall–Kier alpha value is -2.84. The van der Waals surface area contributed by atoms with Gasteiger partial charge in [0.25, 0.3) is 0 Å². The van der Waals surface area contributed by atoms with Crippen LogP contribution in [0.2, 0.25) is 0 Å². The third-order valence-electron chi connectivity index (χ3n) is 6.51. The summed E-state index contributed by atoms with van der Waals surface area (Å²) < 4.78 is 61.7. The van der Waals surface area contributed by atoms with Crippen LogP contribution in [0.15, 0.2) is 12.7 Å². The molecule has 0 saturated carbocycles. The van der Waals surface area contributed by atoms with Gasteiger partial charge in [-0.3, -0.25) is 27.7 Å². The number of anilines is 1. The molecule has 0 aliphatic carbocycles. The number of carbonyl (C=O) groups excluding carboxylic acids is 2. The molecule has 0 aromatic carbocycles. The number of carbonyl (C=O) groups is 3. The van der Waals surface area contributed by atoms with Crippen LogP contribution in [0.5, 0.6) is 0 Å². The number of phosphoric ester groups is 3. The number of thiol groups is 1. The molecule has 1 fully saturated rings. The number of hydrogen-bond donors (Lipinski definition) is 12. The molecule has 0 spiro atoms. The quantitative estimate of drug-likeness (QED) is 0.0604. The lowest BCUT2D eigenvalue weighted by Crippen LogP contribution is -2.46. The van der Waals surface area contributed by atoms with Gasteiger partial charge in [0.2, 0.25) is 11.8 Å². The molecule has 296 valence electrons. The van der Waals surface area contributed by atoms with Crippen molar-refractivity contribution in [2.45, 2.75) is 50.9 Å². The van der Waals surface area contributed by atoms with Crippen molar-refractivity contribution in [1.82, 2.24) is 30.2 Å². The zero-order valence-corrected chi connectivity index (χ0v) is 30.6. The predicted molar refractivity (Wildman–Crippen MR) is 174 cm³/mol. The second-order valence-corrected chi connectivity index (χ2v) is 15.8. The van der Waals surface area contributed by atoms with Gasteiger partial charge in [-0.05, 0) is 0 Å². The number of amides is 2. The van der Waals surface area contributed by atoms with Crippen LogP contribution >= 0.6 is 36.1 Å². The summed E-state index contributed by atoms with van der Waals surface area (Å²) in [4.78, 5) is 83.2. The maximum absolute atomic E-state index is 12.6. The van der Waals surface area contributed by atoms with Crippen LogP contribution in [0.25, 0.3) is 11.2 Å². The van der Waals surface area contributed by atoms with Crippen molar-refractivity contribution >= 4 is 71.0 Å². The van der Waals surface area contributed by atoms with Gasteiger partial charge >= 0.3 is 29.6 Å². The number of nitrogen functional groups attached to an aromatic ring is 1. The van der Waals surface area contributed by atoms with Crippen molar-refractivity contribution in [2.75, 3.05) is 37.8 Å². The first-order valence-corrected chi connectivity index (χ1v) is 19.5. The average molecular weight is 830 g/mol. The number of aliphatic hydroxyl groups excluding tert-OH is 2. The van der Waals surface area contributed by atoms with E-state index in [1.807, 2.05) is 0 Å². The molecule has 52 heavy (non-hydrogen) atoms. The topological polar surface area (TPSA) is 404 Å². The first-order valence-electron chi connectivity index (χ1n) is 14.3. The Morgan fingerprint density at radius 3 is 2.27 bits per heavy atom. The van der Waals surface area contributed by atoms with Crippen LogP contribution in [0.1, 0.15) is 26.5 Å². The molecular formula is C22H38N7O19P3S. The molecule has 2 amide bonds. The Kier molecular flexibility index (Phi) is 16.5. The van der Waals surface area contributed by atoms with E-state index < -0.39 is 84.8 Å². The molecule has 1 aliphatic heterocycles. The van der Waals surface area contributed by atoms with Crippen LogP contribution in [0, 0.1) is 5.41 Å². The van der Waals surface area contributed by atoms with Gasteiger partial charge in [-0.2, -0.15) is 16.9 Å². The van der Waals surface area contributed by atoms with Gasteiger partial charge in [-0.15, -0.1) is 0 Å². The van der Waals surface area contributed by atoms with Gasteiger partial charge in [0.1, 0.15) is 36.3 Å². The number of aliphatic hydroxyl groups is 2. The van der Waals surface area contributed by atoms with E-state index in [9.17, 15) is 53.1 Å². The highest BCUT2D eigenvalue weighted by atomic mass is 32.1. The fourth-order valence-electron chi connectivity index (χ4n) is 4.14. The summed E-state index contributed by atoms with van der Waals surface area (Å²) in [6, 6.07) is 0. The minimum atomic E-state index is -5.54. The summed E-state index contributed by atoms with van der Waals surface area (Å²) in [6.07, 6.45) is -8.57. The second kappa shape index (κ2) is 19.0. The van der Waals surface area contributed by atoms with Gasteiger partial charge in [0.15, 0.2) is 17.7 Å². The number of imidazole rings is 1. The average Bonchev–Trinajstić information content (AvgIpc) is 3.57. The second-order valence-electron chi connectivity index (χ2n) is 11.1. The predicted octanol–water partition coefficient (Wildman–Crippen LogP) is -1.44. The van der Waals surface area contributed by atoms with E-state index in [2.05, 4.69) is 47.0 Å². The summed E-state index contributed by atoms with van der Waals surface area (Å²) in [5.41, 5.74) is 4.30. The molecular weight excluding hydrogens is 791 g/mol. The lowest BCUT2D eigenvalue weighted by atomic mass is 9.87. The number of rotatable bonds is 18. The van der Waals surface area contributed by atoms with Crippen LogP contribution in [-0.2, 0) is 45.9 Å². The van der Waals surface area contributed by atoms with Crippen molar-refractivity contribution in [3.63, 3.8) is 0 Å². The molecule has 2 unspecified atom stereocenters. The van der Waals surface area contributed by atoms with E-state index >= 15 is 0 Å². The number of nitrogens with one attached hydrogen (secondary N) is 2. The molecule has 12 N–H and O–H groups in total. The fourth-order valence-corrected chi connectivity index (χ4v) is 7.08.